The van der Waals surface area contributed by atoms with Gasteiger partial charge in [0.1, 0.15) is 0 Å². The smallest absolute Gasteiger partial charge is 0.315 e. The van der Waals surface area contributed by atoms with E-state index in [4.69, 9.17) is 0 Å². The highest BCUT2D eigenvalue weighted by molar-refractivity contribution is 5.76. The number of rotatable bonds is 9. The molecule has 1 aliphatic carbocycles. The normalized spacial score (nSPS) is 14.8. The summed E-state index contributed by atoms with van der Waals surface area (Å²) in [6.07, 6.45) is 6.87. The molecule has 0 heterocycles. The molecule has 6 nitrogen and oxygen atoms in total. The van der Waals surface area contributed by atoms with Crippen LogP contribution in [0, 0.1) is 0 Å². The summed E-state index contributed by atoms with van der Waals surface area (Å²) in [6.45, 7) is 1.91. The molecule has 1 aromatic rings. The first-order chi connectivity index (χ1) is 13.0. The average Bonchev–Trinajstić information content (AvgIpc) is 2.65. The van der Waals surface area contributed by atoms with Gasteiger partial charge in [0.05, 0.1) is 0 Å². The van der Waals surface area contributed by atoms with Crippen LogP contribution in [0.3, 0.4) is 0 Å². The van der Waals surface area contributed by atoms with Crippen LogP contribution >= 0.6 is 0 Å². The van der Waals surface area contributed by atoms with Crippen molar-refractivity contribution in [2.75, 3.05) is 20.6 Å². The van der Waals surface area contributed by atoms with Gasteiger partial charge >= 0.3 is 6.03 Å². The maximum atomic E-state index is 12.1. The lowest BCUT2D eigenvalue weighted by molar-refractivity contribution is -0.121. The largest absolute Gasteiger partial charge is 0.352 e. The van der Waals surface area contributed by atoms with Crippen molar-refractivity contribution in [3.8, 4) is 0 Å². The second kappa shape index (κ2) is 11.6. The molecule has 0 saturated heterocycles. The zero-order valence-electron chi connectivity index (χ0n) is 16.7. The van der Waals surface area contributed by atoms with Crippen molar-refractivity contribution >= 4 is 11.9 Å². The number of benzene rings is 1. The molecule has 0 aromatic heterocycles. The second-order valence-electron chi connectivity index (χ2n) is 7.62. The standard InChI is InChI=1S/C21H34N4O2/c1-25(2)16-18-10-7-6-9-17(18)15-23-20(26)13-8-14-22-21(27)24-19-11-4-3-5-12-19/h6-7,9-10,19H,3-5,8,11-16H2,1-2H3,(H,23,26)(H2,22,24,27). The Balaban J connectivity index is 1.60. The molecule has 0 atom stereocenters. The summed E-state index contributed by atoms with van der Waals surface area (Å²) >= 11 is 0. The van der Waals surface area contributed by atoms with Gasteiger partial charge in [-0.1, -0.05) is 43.5 Å². The molecule has 1 aliphatic rings. The summed E-state index contributed by atoms with van der Waals surface area (Å²) < 4.78 is 0. The summed E-state index contributed by atoms with van der Waals surface area (Å²) in [5.74, 6) is 0.0177. The number of hydrogen-bond donors (Lipinski definition) is 3. The molecule has 3 N–H and O–H groups in total. The fourth-order valence-corrected chi connectivity index (χ4v) is 3.44. The van der Waals surface area contributed by atoms with Crippen LogP contribution in [-0.2, 0) is 17.9 Å². The van der Waals surface area contributed by atoms with Gasteiger partial charge in [-0.2, -0.15) is 0 Å². The number of urea groups is 1. The van der Waals surface area contributed by atoms with Crippen molar-refractivity contribution in [1.29, 1.82) is 0 Å². The summed E-state index contributed by atoms with van der Waals surface area (Å²) in [7, 11) is 4.07. The number of nitrogens with zero attached hydrogens (tertiary/aromatic N) is 1. The molecule has 6 heteroatoms. The Morgan fingerprint density at radius 3 is 2.44 bits per heavy atom. The van der Waals surface area contributed by atoms with Gasteiger partial charge in [0.25, 0.3) is 0 Å². The van der Waals surface area contributed by atoms with Gasteiger partial charge in [-0.25, -0.2) is 4.79 Å². The second-order valence-corrected chi connectivity index (χ2v) is 7.62. The molecular formula is C21H34N4O2. The monoisotopic (exact) mass is 374 g/mol. The third-order valence-corrected chi connectivity index (χ3v) is 4.89. The number of carbonyl (C=O) groups is 2. The van der Waals surface area contributed by atoms with Crippen molar-refractivity contribution in [1.82, 2.24) is 20.9 Å². The lowest BCUT2D eigenvalue weighted by atomic mass is 9.96. The van der Waals surface area contributed by atoms with Gasteiger partial charge in [0.15, 0.2) is 0 Å². The van der Waals surface area contributed by atoms with Crippen molar-refractivity contribution in [3.63, 3.8) is 0 Å². The molecule has 1 saturated carbocycles. The van der Waals surface area contributed by atoms with Crippen molar-refractivity contribution in [2.24, 2.45) is 0 Å². The van der Waals surface area contributed by atoms with E-state index in [9.17, 15) is 9.59 Å². The van der Waals surface area contributed by atoms with Crippen molar-refractivity contribution < 1.29 is 9.59 Å². The molecule has 0 radical (unpaired) electrons. The van der Waals surface area contributed by atoms with Crippen LogP contribution in [0.25, 0.3) is 0 Å². The topological polar surface area (TPSA) is 73.5 Å². The van der Waals surface area contributed by atoms with E-state index in [1.807, 2.05) is 26.2 Å². The molecule has 0 aliphatic heterocycles. The number of nitrogens with one attached hydrogen (secondary N) is 3. The molecule has 150 valence electrons. The van der Waals surface area contributed by atoms with Gasteiger partial charge < -0.3 is 20.9 Å². The average molecular weight is 375 g/mol. The first kappa shape index (κ1) is 21.2. The highest BCUT2D eigenvalue weighted by Gasteiger charge is 2.15. The van der Waals surface area contributed by atoms with Crippen LogP contribution < -0.4 is 16.0 Å². The molecule has 27 heavy (non-hydrogen) atoms. The van der Waals surface area contributed by atoms with Gasteiger partial charge in [0, 0.05) is 32.1 Å². The quantitative estimate of drug-likeness (QED) is 0.582. The zero-order valence-corrected chi connectivity index (χ0v) is 16.7. The Morgan fingerprint density at radius 1 is 1.04 bits per heavy atom. The first-order valence-electron chi connectivity index (χ1n) is 10.1. The van der Waals surface area contributed by atoms with E-state index in [0.29, 0.717) is 32.0 Å². The van der Waals surface area contributed by atoms with E-state index >= 15 is 0 Å². The van der Waals surface area contributed by atoms with E-state index in [0.717, 1.165) is 24.9 Å². The van der Waals surface area contributed by atoms with Crippen molar-refractivity contribution in [2.45, 2.75) is 64.1 Å². The summed E-state index contributed by atoms with van der Waals surface area (Å²) in [5, 5.41) is 8.86. The lowest BCUT2D eigenvalue weighted by Crippen LogP contribution is -2.43. The molecule has 3 amide bonds. The lowest BCUT2D eigenvalue weighted by Gasteiger charge is -2.22. The Hall–Kier alpha value is -2.08. The fourth-order valence-electron chi connectivity index (χ4n) is 3.44. The minimum absolute atomic E-state index is 0.0177. The van der Waals surface area contributed by atoms with Crippen LogP contribution in [0.15, 0.2) is 24.3 Å². The van der Waals surface area contributed by atoms with Crippen molar-refractivity contribution in [3.05, 3.63) is 35.4 Å². The van der Waals surface area contributed by atoms with E-state index in [2.05, 4.69) is 33.0 Å². The molecule has 1 aromatic carbocycles. The van der Waals surface area contributed by atoms with Gasteiger partial charge in [0.2, 0.25) is 5.91 Å². The van der Waals surface area contributed by atoms with Gasteiger partial charge in [-0.05, 0) is 44.5 Å². The highest BCUT2D eigenvalue weighted by Crippen LogP contribution is 2.17. The minimum Gasteiger partial charge on any atom is -0.352 e. The zero-order chi connectivity index (χ0) is 19.5. The Labute approximate surface area is 163 Å². The Bertz CT molecular complexity index is 598. The van der Waals surface area contributed by atoms with Gasteiger partial charge in [-0.3, -0.25) is 4.79 Å². The Kier molecular flexibility index (Phi) is 9.11. The minimum atomic E-state index is -0.111. The molecule has 2 rings (SSSR count). The third-order valence-electron chi connectivity index (χ3n) is 4.89. The Morgan fingerprint density at radius 2 is 1.74 bits per heavy atom. The first-order valence-corrected chi connectivity index (χ1v) is 10.1. The summed E-state index contributed by atoms with van der Waals surface area (Å²) in [5.41, 5.74) is 2.37. The summed E-state index contributed by atoms with van der Waals surface area (Å²) in [6, 6.07) is 8.36. The maximum absolute atomic E-state index is 12.1. The fraction of sp³-hybridized carbons (Fsp3) is 0.619. The SMILES string of the molecule is CN(C)Cc1ccccc1CNC(=O)CCCNC(=O)NC1CCCCC1. The number of amides is 3. The van der Waals surface area contributed by atoms with E-state index in [1.54, 1.807) is 0 Å². The van der Waals surface area contributed by atoms with Gasteiger partial charge in [-0.15, -0.1) is 0 Å². The molecule has 1 fully saturated rings. The highest BCUT2D eigenvalue weighted by atomic mass is 16.2. The predicted molar refractivity (Wildman–Crippen MR) is 108 cm³/mol. The predicted octanol–water partition coefficient (Wildman–Crippen LogP) is 2.78. The number of hydrogen-bond acceptors (Lipinski definition) is 3. The van der Waals surface area contributed by atoms with Crippen LogP contribution in [0.1, 0.15) is 56.1 Å². The molecule has 0 spiro atoms. The number of carbonyl (C=O) groups excluding carboxylic acids is 2. The van der Waals surface area contributed by atoms with E-state index < -0.39 is 0 Å². The maximum Gasteiger partial charge on any atom is 0.315 e. The van der Waals surface area contributed by atoms with Crippen LogP contribution in [-0.4, -0.2) is 43.5 Å². The van der Waals surface area contributed by atoms with Crippen LogP contribution in [0.5, 0.6) is 0 Å². The molecule has 0 unspecified atom stereocenters. The molecule has 0 bridgehead atoms. The van der Waals surface area contributed by atoms with E-state index in [1.165, 1.54) is 24.8 Å². The summed E-state index contributed by atoms with van der Waals surface area (Å²) in [4.78, 5) is 26.0. The van der Waals surface area contributed by atoms with Crippen LogP contribution in [0.4, 0.5) is 4.79 Å². The van der Waals surface area contributed by atoms with Crippen LogP contribution in [0.2, 0.25) is 0 Å². The third kappa shape index (κ3) is 8.43. The van der Waals surface area contributed by atoms with E-state index in [-0.39, 0.29) is 11.9 Å². The molecular weight excluding hydrogens is 340 g/mol.